The van der Waals surface area contributed by atoms with Crippen molar-refractivity contribution in [1.82, 2.24) is 35.4 Å². The van der Waals surface area contributed by atoms with Gasteiger partial charge < -0.3 is 58.9 Å². The SMILES string of the molecule is CCn1nnc2c1-c1ccccc1CN(C(=O)CCC(=O)CCC(=O)NCC(=O)C[C@H](C(=O)N[C@@H](C)C(=O)Cc1ccc(COC(=O)N3c4cc(OCCCCCOc5cc6c(cc5OC)C(=O)N5C=C(c7ccc(OC)cc7)C[C@H]5CC6)c(OC)cc4C(=O)N4CC5(CC5)C[C@H]4C3O)cc1)C(C)C)c1ccccc1-2. The molecule has 1 aromatic heterocycles. The molecular formula is C85H95N9O16. The number of nitrogens with one attached hydrogen (secondary N) is 2. The van der Waals surface area contributed by atoms with Crippen LogP contribution in [0.2, 0.25) is 0 Å². The van der Waals surface area contributed by atoms with E-state index in [4.69, 9.17) is 28.4 Å². The van der Waals surface area contributed by atoms with Gasteiger partial charge in [-0.2, -0.15) is 0 Å². The van der Waals surface area contributed by atoms with Crippen LogP contribution in [0, 0.1) is 17.3 Å². The molecule has 25 nitrogen and oxygen atoms in total. The van der Waals surface area contributed by atoms with Crippen molar-refractivity contribution < 1.29 is 76.7 Å². The molecule has 13 rings (SSSR count). The van der Waals surface area contributed by atoms with E-state index in [1.165, 1.54) is 7.11 Å². The number of aliphatic hydroxyl groups is 1. The first-order valence-corrected chi connectivity index (χ1v) is 38.1. The molecule has 1 spiro atoms. The summed E-state index contributed by atoms with van der Waals surface area (Å²) in [6, 6.07) is 35.2. The van der Waals surface area contributed by atoms with Crippen LogP contribution in [0.1, 0.15) is 160 Å². The second-order valence-corrected chi connectivity index (χ2v) is 29.8. The quantitative estimate of drug-likeness (QED) is 0.0340. The molecule has 5 atom stereocenters. The number of unbranched alkanes of at least 4 members (excludes halogenated alkanes) is 2. The Kier molecular flexibility index (Phi) is 23.6. The third kappa shape index (κ3) is 16.8. The van der Waals surface area contributed by atoms with E-state index in [-0.39, 0.29) is 134 Å². The highest BCUT2D eigenvalue weighted by atomic mass is 16.6. The smallest absolute Gasteiger partial charge is 0.416 e. The van der Waals surface area contributed by atoms with E-state index in [1.54, 1.807) is 87.3 Å². The fourth-order valence-electron chi connectivity index (χ4n) is 15.6. The van der Waals surface area contributed by atoms with Crippen LogP contribution in [0.4, 0.5) is 16.2 Å². The first kappa shape index (κ1) is 77.0. The second-order valence-electron chi connectivity index (χ2n) is 29.8. The van der Waals surface area contributed by atoms with Gasteiger partial charge >= 0.3 is 6.09 Å². The summed E-state index contributed by atoms with van der Waals surface area (Å²) >= 11 is 0. The first-order valence-electron chi connectivity index (χ1n) is 38.1. The molecule has 110 heavy (non-hydrogen) atoms. The predicted molar refractivity (Wildman–Crippen MR) is 409 cm³/mol. The van der Waals surface area contributed by atoms with Crippen molar-refractivity contribution in [2.45, 2.75) is 168 Å². The summed E-state index contributed by atoms with van der Waals surface area (Å²) in [4.78, 5) is 130. The van der Waals surface area contributed by atoms with Gasteiger partial charge in [-0.3, -0.25) is 38.4 Å². The van der Waals surface area contributed by atoms with Gasteiger partial charge in [0.2, 0.25) is 17.7 Å². The van der Waals surface area contributed by atoms with Crippen LogP contribution in [-0.4, -0.2) is 155 Å². The van der Waals surface area contributed by atoms with Crippen LogP contribution in [-0.2, 0) is 66.0 Å². The number of hydrogen-bond acceptors (Lipinski definition) is 18. The number of hydrogen-bond donors (Lipinski definition) is 3. The fraction of sp³-hybridized carbons (Fsp3) is 0.424. The predicted octanol–water partition coefficient (Wildman–Crippen LogP) is 11.6. The van der Waals surface area contributed by atoms with Crippen molar-refractivity contribution in [3.8, 4) is 51.3 Å². The van der Waals surface area contributed by atoms with Gasteiger partial charge in [0.25, 0.3) is 11.8 Å². The highest BCUT2D eigenvalue weighted by Gasteiger charge is 2.58. The maximum absolute atomic E-state index is 14.5. The van der Waals surface area contributed by atoms with Crippen LogP contribution >= 0.6 is 0 Å². The lowest BCUT2D eigenvalue weighted by atomic mass is 9.89. The minimum absolute atomic E-state index is 0.0370. The van der Waals surface area contributed by atoms with Gasteiger partial charge in [-0.1, -0.05) is 97.9 Å². The van der Waals surface area contributed by atoms with Crippen molar-refractivity contribution in [2.24, 2.45) is 17.3 Å². The van der Waals surface area contributed by atoms with Gasteiger partial charge in [0.15, 0.2) is 40.8 Å². The third-order valence-electron chi connectivity index (χ3n) is 22.2. The lowest BCUT2D eigenvalue weighted by Crippen LogP contribution is -2.50. The largest absolute Gasteiger partial charge is 0.497 e. The lowest BCUT2D eigenvalue weighted by Gasteiger charge is -2.31. The van der Waals surface area contributed by atoms with Crippen molar-refractivity contribution in [1.29, 1.82) is 0 Å². The lowest BCUT2D eigenvalue weighted by molar-refractivity contribution is -0.133. The van der Waals surface area contributed by atoms with Crippen LogP contribution in [0.25, 0.3) is 28.1 Å². The molecule has 1 aliphatic carbocycles. The molecule has 6 amide bonds. The molecule has 576 valence electrons. The molecule has 7 aromatic rings. The fourth-order valence-corrected chi connectivity index (χ4v) is 15.6. The Morgan fingerprint density at radius 1 is 0.691 bits per heavy atom. The second kappa shape index (κ2) is 33.7. The number of fused-ring (bicyclic) bond motifs is 9. The maximum atomic E-state index is 14.5. The van der Waals surface area contributed by atoms with E-state index >= 15 is 0 Å². The Bertz CT molecular complexity index is 4700. The number of ketones is 3. The molecule has 6 aliphatic rings. The zero-order chi connectivity index (χ0) is 77.5. The van der Waals surface area contributed by atoms with Crippen LogP contribution in [0.5, 0.6) is 28.7 Å². The number of carbonyl (C=O) groups is 9. The normalized spacial score (nSPS) is 17.6. The number of aromatic nitrogens is 3. The highest BCUT2D eigenvalue weighted by Crippen LogP contribution is 2.57. The van der Waals surface area contributed by atoms with Gasteiger partial charge in [-0.15, -0.1) is 5.10 Å². The molecule has 25 heteroatoms. The summed E-state index contributed by atoms with van der Waals surface area (Å²) in [5, 5.41) is 26.5. The number of ether oxygens (including phenoxy) is 6. The van der Waals surface area contributed by atoms with Crippen molar-refractivity contribution >= 4 is 69.9 Å². The molecule has 1 unspecified atom stereocenters. The van der Waals surface area contributed by atoms with Crippen molar-refractivity contribution in [3.63, 3.8) is 0 Å². The first-order chi connectivity index (χ1) is 53.1. The zero-order valence-corrected chi connectivity index (χ0v) is 63.3. The number of benzene rings is 6. The molecule has 0 radical (unpaired) electrons. The number of rotatable bonds is 31. The summed E-state index contributed by atoms with van der Waals surface area (Å²) in [6.07, 6.45) is 5.40. The van der Waals surface area contributed by atoms with Gasteiger partial charge in [-0.25, -0.2) is 14.4 Å². The summed E-state index contributed by atoms with van der Waals surface area (Å²) < 4.78 is 37.3. The minimum Gasteiger partial charge on any atom is -0.497 e. The number of carbonyl (C=O) groups excluding carboxylic acids is 9. The number of para-hydroxylation sites is 1. The minimum atomic E-state index is -1.46. The molecule has 2 fully saturated rings. The summed E-state index contributed by atoms with van der Waals surface area (Å²) in [7, 11) is 4.67. The number of methoxy groups -OCH3 is 3. The summed E-state index contributed by atoms with van der Waals surface area (Å²) in [5.74, 6) is -1.48. The summed E-state index contributed by atoms with van der Waals surface area (Å²) in [5.41, 5.74) is 9.73. The molecule has 1 saturated carbocycles. The molecule has 6 heterocycles. The highest BCUT2D eigenvalue weighted by molar-refractivity contribution is 6.07. The van der Waals surface area contributed by atoms with Gasteiger partial charge in [-0.05, 0) is 153 Å². The topological polar surface area (TPSA) is 297 Å². The van der Waals surface area contributed by atoms with E-state index in [0.29, 0.717) is 91.4 Å². The van der Waals surface area contributed by atoms with Crippen molar-refractivity contribution in [2.75, 3.05) is 57.4 Å². The van der Waals surface area contributed by atoms with Crippen molar-refractivity contribution in [3.05, 3.63) is 166 Å². The molecule has 1 saturated heterocycles. The monoisotopic (exact) mass is 1500 g/mol. The molecule has 6 aromatic carbocycles. The average molecular weight is 1500 g/mol. The number of Topliss-reactive ketones (excluding diaryl/α,β-unsaturated/α-hetero) is 3. The third-order valence-corrected chi connectivity index (χ3v) is 22.2. The Hall–Kier alpha value is -11.2. The van der Waals surface area contributed by atoms with Crippen LogP contribution in [0.15, 0.2) is 128 Å². The molecule has 5 aliphatic heterocycles. The van der Waals surface area contributed by atoms with Crippen LogP contribution in [0.3, 0.4) is 0 Å². The van der Waals surface area contributed by atoms with Gasteiger partial charge in [0, 0.05) is 92.5 Å². The summed E-state index contributed by atoms with van der Waals surface area (Å²) in [6.45, 7) is 8.48. The van der Waals surface area contributed by atoms with Gasteiger partial charge in [0.1, 0.15) is 23.8 Å². The Labute approximate surface area is 639 Å². The number of aryl methyl sites for hydroxylation is 2. The number of anilines is 2. The Morgan fingerprint density at radius 3 is 2.07 bits per heavy atom. The van der Waals surface area contributed by atoms with E-state index in [9.17, 15) is 48.3 Å². The number of amides is 6. The number of nitrogens with zero attached hydrogens (tertiary/aromatic N) is 7. The van der Waals surface area contributed by atoms with E-state index < -0.39 is 47.9 Å². The zero-order valence-electron chi connectivity index (χ0n) is 63.3. The molecule has 0 bridgehead atoms. The maximum Gasteiger partial charge on any atom is 0.416 e. The van der Waals surface area contributed by atoms with E-state index in [1.807, 2.05) is 102 Å². The Balaban J connectivity index is 0.556. The van der Waals surface area contributed by atoms with E-state index in [0.717, 1.165) is 75.4 Å². The standard InChI is InChI=1S/C85H95N9O16/c1-8-93-79-63-17-11-10-16-57(63)47-91(68-19-13-12-18-64(68)78(79)88-89-93)77(99)33-29-60(95)28-32-76(98)86-46-61(96)41-65(51(2)3)80(100)87-52(4)71(97)38-53-20-22-54(23-21-53)49-110-84(104)94-69-44-75(73(107-7)43-67(69)82(102)92-50-85(34-35-85)45-70(92)83(94)103)109-37-15-9-14-36-108-74-40-56-24-27-59-39-58(55-25-30-62(105-5)31-26-55)48-90(59)81(101)66(56)42-72(74)106-6/h10-13,16-23,25-26,30-31,40,42-44,48,51-52,59,65,70,83,103H,8-9,14-15,24,27-29,32-39,41,45-47,49-50H2,1-7H3,(H,86,98)(H,87,100)/t52-,59+,65-,70-,83?/m0/s1. The van der Waals surface area contributed by atoms with Crippen LogP contribution < -0.4 is 44.1 Å². The number of aliphatic hydroxyl groups excluding tert-OH is 1. The Morgan fingerprint density at radius 2 is 1.37 bits per heavy atom. The molecular weight excluding hydrogens is 1400 g/mol. The molecule has 3 N–H and O–H groups in total. The van der Waals surface area contributed by atoms with E-state index in [2.05, 4.69) is 20.9 Å². The average Bonchev–Trinajstić information content (AvgIpc) is 1.56. The van der Waals surface area contributed by atoms with Gasteiger partial charge in [0.05, 0.1) is 82.3 Å².